The van der Waals surface area contributed by atoms with Gasteiger partial charge in [0.25, 0.3) is 5.91 Å². The van der Waals surface area contributed by atoms with E-state index in [0.29, 0.717) is 0 Å². The lowest BCUT2D eigenvalue weighted by Crippen LogP contribution is -2.31. The summed E-state index contributed by atoms with van der Waals surface area (Å²) in [6.07, 6.45) is 5.35. The van der Waals surface area contributed by atoms with Crippen LogP contribution in [-0.4, -0.2) is 12.2 Å². The maximum absolute atomic E-state index is 12.6. The molecule has 1 atom stereocenters. The molecule has 22 heavy (non-hydrogen) atoms. The van der Waals surface area contributed by atoms with E-state index in [1.165, 1.54) is 16.7 Å². The van der Waals surface area contributed by atoms with Crippen LogP contribution >= 0.6 is 11.8 Å². The Morgan fingerprint density at radius 2 is 2.09 bits per heavy atom. The second-order valence-electron chi connectivity index (χ2n) is 5.75. The fourth-order valence-electron chi connectivity index (χ4n) is 3.11. The van der Waals surface area contributed by atoms with Crippen LogP contribution in [0.5, 0.6) is 0 Å². The van der Waals surface area contributed by atoms with E-state index in [1.54, 1.807) is 11.8 Å². The van der Waals surface area contributed by atoms with Gasteiger partial charge in [-0.25, -0.2) is 0 Å². The van der Waals surface area contributed by atoms with Crippen LogP contribution in [0.15, 0.2) is 48.5 Å². The van der Waals surface area contributed by atoms with Crippen LogP contribution in [-0.2, 0) is 12.2 Å². The molecule has 2 nitrogen and oxygen atoms in total. The van der Waals surface area contributed by atoms with Gasteiger partial charge in [0.05, 0.1) is 6.04 Å². The molecule has 2 aromatic carbocycles. The topological polar surface area (TPSA) is 29.1 Å². The van der Waals surface area contributed by atoms with E-state index >= 15 is 0 Å². The number of benzene rings is 2. The molecule has 1 N–H and O–H groups in total. The third kappa shape index (κ3) is 3.36. The van der Waals surface area contributed by atoms with Crippen molar-refractivity contribution in [1.29, 1.82) is 0 Å². The van der Waals surface area contributed by atoms with Gasteiger partial charge in [0.2, 0.25) is 0 Å². The monoisotopic (exact) mass is 311 g/mol. The minimum absolute atomic E-state index is 0.0321. The van der Waals surface area contributed by atoms with Gasteiger partial charge in [-0.15, -0.1) is 0 Å². The van der Waals surface area contributed by atoms with Crippen molar-refractivity contribution >= 4 is 17.7 Å². The Labute approximate surface area is 136 Å². The number of carbonyl (C=O) groups is 1. The van der Waals surface area contributed by atoms with Gasteiger partial charge in [-0.1, -0.05) is 36.4 Å². The minimum atomic E-state index is 0.0321. The molecule has 3 rings (SSSR count). The second-order valence-corrected chi connectivity index (χ2v) is 6.62. The largest absolute Gasteiger partial charge is 0.345 e. The summed E-state index contributed by atoms with van der Waals surface area (Å²) in [5, 5.41) is 3.21. The van der Waals surface area contributed by atoms with Crippen molar-refractivity contribution in [3.8, 4) is 0 Å². The van der Waals surface area contributed by atoms with E-state index in [-0.39, 0.29) is 11.9 Å². The van der Waals surface area contributed by atoms with Crippen molar-refractivity contribution < 1.29 is 4.79 Å². The molecule has 0 aliphatic heterocycles. The van der Waals surface area contributed by atoms with Gasteiger partial charge in [-0.2, -0.15) is 11.8 Å². The van der Waals surface area contributed by atoms with Crippen molar-refractivity contribution in [1.82, 2.24) is 5.32 Å². The number of thioether (sulfide) groups is 1. The molecular formula is C19H21NOS. The molecule has 1 amide bonds. The zero-order valence-electron chi connectivity index (χ0n) is 12.8. The van der Waals surface area contributed by atoms with Gasteiger partial charge in [0.15, 0.2) is 0 Å². The molecule has 3 heteroatoms. The van der Waals surface area contributed by atoms with Crippen LogP contribution in [0.1, 0.15) is 45.9 Å². The number of fused-ring (bicyclic) bond motifs is 1. The molecule has 2 aromatic rings. The van der Waals surface area contributed by atoms with Gasteiger partial charge >= 0.3 is 0 Å². The predicted molar refractivity (Wildman–Crippen MR) is 93.2 cm³/mol. The fourth-order valence-corrected chi connectivity index (χ4v) is 3.63. The van der Waals surface area contributed by atoms with Crippen LogP contribution in [0, 0.1) is 0 Å². The molecule has 1 aliphatic rings. The van der Waals surface area contributed by atoms with Crippen LogP contribution in [0.4, 0.5) is 0 Å². The number of amides is 1. The first kappa shape index (κ1) is 15.2. The van der Waals surface area contributed by atoms with Crippen LogP contribution in [0.3, 0.4) is 0 Å². The number of aryl methyl sites for hydroxylation is 1. The molecule has 1 aliphatic carbocycles. The third-order valence-corrected chi connectivity index (χ3v) is 4.80. The van der Waals surface area contributed by atoms with Crippen molar-refractivity contribution in [2.24, 2.45) is 0 Å². The highest BCUT2D eigenvalue weighted by atomic mass is 32.2. The SMILES string of the molecule is CSCc1cccc(C(=O)N[C@@H]2CCCc3ccccc32)c1. The van der Waals surface area contributed by atoms with Gasteiger partial charge in [-0.05, 0) is 54.3 Å². The first-order chi connectivity index (χ1) is 10.8. The van der Waals surface area contributed by atoms with Crippen molar-refractivity contribution in [2.75, 3.05) is 6.26 Å². The Morgan fingerprint density at radius 1 is 1.23 bits per heavy atom. The molecule has 0 radical (unpaired) electrons. The van der Waals surface area contributed by atoms with Crippen molar-refractivity contribution in [3.05, 3.63) is 70.8 Å². The lowest BCUT2D eigenvalue weighted by Gasteiger charge is -2.26. The van der Waals surface area contributed by atoms with E-state index in [0.717, 1.165) is 30.6 Å². The lowest BCUT2D eigenvalue weighted by molar-refractivity contribution is 0.0932. The summed E-state index contributed by atoms with van der Waals surface area (Å²) >= 11 is 1.77. The van der Waals surface area contributed by atoms with Crippen LogP contribution in [0.25, 0.3) is 0 Å². The second kappa shape index (κ2) is 7.01. The number of nitrogens with one attached hydrogen (secondary N) is 1. The minimum Gasteiger partial charge on any atom is -0.345 e. The zero-order valence-corrected chi connectivity index (χ0v) is 13.7. The van der Waals surface area contributed by atoms with Gasteiger partial charge in [0, 0.05) is 11.3 Å². The molecule has 0 saturated heterocycles. The Morgan fingerprint density at radius 3 is 2.95 bits per heavy atom. The summed E-state index contributed by atoms with van der Waals surface area (Å²) in [4.78, 5) is 12.6. The lowest BCUT2D eigenvalue weighted by atomic mass is 9.87. The Hall–Kier alpha value is -1.74. The van der Waals surface area contributed by atoms with E-state index in [2.05, 4.69) is 41.9 Å². The van der Waals surface area contributed by atoms with E-state index in [9.17, 15) is 4.79 Å². The smallest absolute Gasteiger partial charge is 0.251 e. The van der Waals surface area contributed by atoms with Crippen LogP contribution < -0.4 is 5.32 Å². The summed E-state index contributed by atoms with van der Waals surface area (Å²) in [7, 11) is 0. The Balaban J connectivity index is 1.76. The normalized spacial score (nSPS) is 16.9. The van der Waals surface area contributed by atoms with Gasteiger partial charge in [0.1, 0.15) is 0 Å². The van der Waals surface area contributed by atoms with E-state index in [4.69, 9.17) is 0 Å². The highest BCUT2D eigenvalue weighted by molar-refractivity contribution is 7.97. The highest BCUT2D eigenvalue weighted by Crippen LogP contribution is 2.29. The molecule has 0 bridgehead atoms. The molecule has 0 spiro atoms. The quantitative estimate of drug-likeness (QED) is 0.909. The van der Waals surface area contributed by atoms with Gasteiger partial charge in [-0.3, -0.25) is 4.79 Å². The van der Waals surface area contributed by atoms with Crippen molar-refractivity contribution in [2.45, 2.75) is 31.1 Å². The summed E-state index contributed by atoms with van der Waals surface area (Å²) in [6.45, 7) is 0. The molecule has 0 aromatic heterocycles. The number of hydrogen-bond acceptors (Lipinski definition) is 2. The highest BCUT2D eigenvalue weighted by Gasteiger charge is 2.21. The fraction of sp³-hybridized carbons (Fsp3) is 0.316. The molecule has 0 heterocycles. The van der Waals surface area contributed by atoms with Crippen LogP contribution in [0.2, 0.25) is 0 Å². The zero-order chi connectivity index (χ0) is 15.4. The summed E-state index contributed by atoms with van der Waals surface area (Å²) in [5.74, 6) is 0.970. The molecule has 0 unspecified atom stereocenters. The maximum Gasteiger partial charge on any atom is 0.251 e. The Kier molecular flexibility index (Phi) is 4.84. The first-order valence-electron chi connectivity index (χ1n) is 7.74. The summed E-state index contributed by atoms with van der Waals surface area (Å²) in [5.41, 5.74) is 4.61. The summed E-state index contributed by atoms with van der Waals surface area (Å²) < 4.78 is 0. The van der Waals surface area contributed by atoms with E-state index in [1.807, 2.05) is 18.2 Å². The van der Waals surface area contributed by atoms with Gasteiger partial charge < -0.3 is 5.32 Å². The maximum atomic E-state index is 12.6. The van der Waals surface area contributed by atoms with E-state index < -0.39 is 0 Å². The number of carbonyl (C=O) groups excluding carboxylic acids is 1. The number of hydrogen-bond donors (Lipinski definition) is 1. The summed E-state index contributed by atoms with van der Waals surface area (Å²) in [6, 6.07) is 16.5. The predicted octanol–water partition coefficient (Wildman–Crippen LogP) is 4.36. The number of rotatable bonds is 4. The first-order valence-corrected chi connectivity index (χ1v) is 9.14. The molecule has 114 valence electrons. The Bertz CT molecular complexity index is 668. The average Bonchev–Trinajstić information content (AvgIpc) is 2.56. The average molecular weight is 311 g/mol. The standard InChI is InChI=1S/C19H21NOS/c1-22-13-14-6-4-9-16(12-14)19(21)20-18-11-5-8-15-7-2-3-10-17(15)18/h2-4,6-7,9-10,12,18H,5,8,11,13H2,1H3,(H,20,21)/t18-/m1/s1. The van der Waals surface area contributed by atoms with Crippen molar-refractivity contribution in [3.63, 3.8) is 0 Å². The molecular weight excluding hydrogens is 290 g/mol. The molecule has 0 saturated carbocycles. The third-order valence-electron chi connectivity index (χ3n) is 4.17. The molecule has 0 fully saturated rings.